The van der Waals surface area contributed by atoms with Crippen molar-refractivity contribution in [2.75, 3.05) is 13.6 Å². The van der Waals surface area contributed by atoms with Gasteiger partial charge in [-0.1, -0.05) is 19.3 Å². The summed E-state index contributed by atoms with van der Waals surface area (Å²) in [7, 11) is 3.57. The van der Waals surface area contributed by atoms with E-state index in [4.69, 9.17) is 5.11 Å². The minimum Gasteiger partial charge on any atom is -0.481 e. The Balaban J connectivity index is 1.79. The van der Waals surface area contributed by atoms with Crippen molar-refractivity contribution < 1.29 is 19.5 Å². The van der Waals surface area contributed by atoms with Crippen LogP contribution in [0.15, 0.2) is 12.4 Å². The summed E-state index contributed by atoms with van der Waals surface area (Å²) in [5, 5.41) is 15.8. The highest BCUT2D eigenvalue weighted by molar-refractivity contribution is 5.84. The standard InChI is InChI=1S/C19H30N4O4/c1-22-13-14(12-21-22)18-15(9-10-16(24)23(18)2)19(27)20-11-7-5-3-4-6-8-17(25)26/h12-13,15,18H,3-11H2,1-2H3,(H,20,27)(H,25,26). The van der Waals surface area contributed by atoms with Crippen molar-refractivity contribution in [3.63, 3.8) is 0 Å². The average molecular weight is 378 g/mol. The number of amides is 2. The van der Waals surface area contributed by atoms with E-state index in [1.54, 1.807) is 22.8 Å². The van der Waals surface area contributed by atoms with Gasteiger partial charge in [0.05, 0.1) is 18.2 Å². The summed E-state index contributed by atoms with van der Waals surface area (Å²) in [6.07, 6.45) is 9.15. The first-order chi connectivity index (χ1) is 12.9. The predicted molar refractivity (Wildman–Crippen MR) is 99.8 cm³/mol. The van der Waals surface area contributed by atoms with Gasteiger partial charge in [0.25, 0.3) is 0 Å². The second-order valence-electron chi connectivity index (χ2n) is 7.24. The molecule has 0 aliphatic carbocycles. The van der Waals surface area contributed by atoms with Crippen molar-refractivity contribution in [1.82, 2.24) is 20.0 Å². The Labute approximate surface area is 159 Å². The van der Waals surface area contributed by atoms with Crippen molar-refractivity contribution in [3.8, 4) is 0 Å². The van der Waals surface area contributed by atoms with Crippen LogP contribution in [0, 0.1) is 5.92 Å². The molecule has 1 aromatic rings. The molecule has 8 heteroatoms. The highest BCUT2D eigenvalue weighted by atomic mass is 16.4. The fourth-order valence-corrected chi connectivity index (χ4v) is 3.64. The van der Waals surface area contributed by atoms with Crippen molar-refractivity contribution in [2.45, 2.75) is 57.4 Å². The van der Waals surface area contributed by atoms with Gasteiger partial charge in [-0.15, -0.1) is 0 Å². The number of unbranched alkanes of at least 4 members (excludes halogenated alkanes) is 4. The Bertz CT molecular complexity index is 658. The van der Waals surface area contributed by atoms with E-state index in [0.717, 1.165) is 31.2 Å². The largest absolute Gasteiger partial charge is 0.481 e. The van der Waals surface area contributed by atoms with Gasteiger partial charge in [0.2, 0.25) is 11.8 Å². The van der Waals surface area contributed by atoms with Gasteiger partial charge < -0.3 is 15.3 Å². The molecule has 2 rings (SSSR count). The van der Waals surface area contributed by atoms with Crippen molar-refractivity contribution >= 4 is 17.8 Å². The number of rotatable bonds is 10. The third kappa shape index (κ3) is 6.08. The van der Waals surface area contributed by atoms with E-state index in [1.165, 1.54) is 0 Å². The van der Waals surface area contributed by atoms with E-state index < -0.39 is 5.97 Å². The maximum Gasteiger partial charge on any atom is 0.303 e. The first-order valence-electron chi connectivity index (χ1n) is 9.64. The van der Waals surface area contributed by atoms with Crippen LogP contribution >= 0.6 is 0 Å². The number of aryl methyl sites for hydroxylation is 1. The lowest BCUT2D eigenvalue weighted by Gasteiger charge is -2.37. The number of carboxylic acids is 1. The first kappa shape index (κ1) is 20.9. The number of piperidine rings is 1. The Morgan fingerprint density at radius 1 is 1.22 bits per heavy atom. The highest BCUT2D eigenvalue weighted by Crippen LogP contribution is 2.35. The molecule has 0 spiro atoms. The van der Waals surface area contributed by atoms with Gasteiger partial charge >= 0.3 is 5.97 Å². The molecule has 0 bridgehead atoms. The molecule has 0 aromatic carbocycles. The Morgan fingerprint density at radius 3 is 2.59 bits per heavy atom. The molecule has 2 atom stereocenters. The summed E-state index contributed by atoms with van der Waals surface area (Å²) in [4.78, 5) is 36.9. The van der Waals surface area contributed by atoms with E-state index in [-0.39, 0.29) is 30.2 Å². The smallest absolute Gasteiger partial charge is 0.303 e. The Kier molecular flexibility index (Phi) is 7.82. The topological polar surface area (TPSA) is 105 Å². The molecular formula is C19H30N4O4. The van der Waals surface area contributed by atoms with Gasteiger partial charge in [0, 0.05) is 45.2 Å². The normalized spacial score (nSPS) is 19.9. The maximum absolute atomic E-state index is 12.7. The maximum atomic E-state index is 12.7. The number of hydrogen-bond donors (Lipinski definition) is 2. The van der Waals surface area contributed by atoms with E-state index in [0.29, 0.717) is 25.8 Å². The lowest BCUT2D eigenvalue weighted by Crippen LogP contribution is -2.46. The fraction of sp³-hybridized carbons (Fsp3) is 0.684. The number of likely N-dealkylation sites (tertiary alicyclic amines) is 1. The summed E-state index contributed by atoms with van der Waals surface area (Å²) in [5.74, 6) is -0.989. The second-order valence-corrected chi connectivity index (χ2v) is 7.24. The number of hydrogen-bond acceptors (Lipinski definition) is 4. The van der Waals surface area contributed by atoms with E-state index in [9.17, 15) is 14.4 Å². The van der Waals surface area contributed by atoms with E-state index in [2.05, 4.69) is 10.4 Å². The molecule has 1 aliphatic heterocycles. The summed E-state index contributed by atoms with van der Waals surface area (Å²) in [6, 6.07) is -0.282. The monoisotopic (exact) mass is 378 g/mol. The van der Waals surface area contributed by atoms with Crippen molar-refractivity contribution in [2.24, 2.45) is 13.0 Å². The quantitative estimate of drug-likeness (QED) is 0.605. The molecule has 1 aliphatic rings. The van der Waals surface area contributed by atoms with Crippen LogP contribution in [0.2, 0.25) is 0 Å². The SMILES string of the molecule is CN1C(=O)CCC(C(=O)NCCCCCCCC(=O)O)C1c1cnn(C)c1. The number of nitrogens with zero attached hydrogens (tertiary/aromatic N) is 3. The lowest BCUT2D eigenvalue weighted by atomic mass is 9.85. The predicted octanol–water partition coefficient (Wildman–Crippen LogP) is 1.87. The molecule has 2 unspecified atom stereocenters. The number of carbonyl (C=O) groups excluding carboxylic acids is 2. The molecule has 0 saturated carbocycles. The zero-order valence-electron chi connectivity index (χ0n) is 16.2. The summed E-state index contributed by atoms with van der Waals surface area (Å²) >= 11 is 0. The van der Waals surface area contributed by atoms with Gasteiger partial charge in [-0.25, -0.2) is 0 Å². The number of nitrogens with one attached hydrogen (secondary N) is 1. The van der Waals surface area contributed by atoms with E-state index in [1.807, 2.05) is 13.2 Å². The molecule has 1 fully saturated rings. The number of aromatic nitrogens is 2. The molecule has 1 aromatic heterocycles. The van der Waals surface area contributed by atoms with Crippen LogP contribution in [-0.2, 0) is 21.4 Å². The molecular weight excluding hydrogens is 348 g/mol. The lowest BCUT2D eigenvalue weighted by molar-refractivity contribution is -0.142. The molecule has 2 N–H and O–H groups in total. The third-order valence-corrected chi connectivity index (χ3v) is 5.13. The minimum absolute atomic E-state index is 0.0194. The van der Waals surface area contributed by atoms with Crippen LogP contribution < -0.4 is 5.32 Å². The van der Waals surface area contributed by atoms with Crippen LogP contribution in [0.5, 0.6) is 0 Å². The molecule has 1 saturated heterocycles. The zero-order chi connectivity index (χ0) is 19.8. The second kappa shape index (κ2) is 10.1. The van der Waals surface area contributed by atoms with Gasteiger partial charge in [-0.2, -0.15) is 5.10 Å². The van der Waals surface area contributed by atoms with Crippen molar-refractivity contribution in [3.05, 3.63) is 18.0 Å². The average Bonchev–Trinajstić information content (AvgIpc) is 3.04. The number of aliphatic carboxylic acids is 1. The highest BCUT2D eigenvalue weighted by Gasteiger charge is 2.39. The third-order valence-electron chi connectivity index (χ3n) is 5.13. The summed E-state index contributed by atoms with van der Waals surface area (Å²) in [5.41, 5.74) is 0.881. The fourth-order valence-electron chi connectivity index (χ4n) is 3.64. The van der Waals surface area contributed by atoms with Crippen LogP contribution in [0.1, 0.15) is 63.0 Å². The first-order valence-corrected chi connectivity index (χ1v) is 9.64. The summed E-state index contributed by atoms with van der Waals surface area (Å²) < 4.78 is 1.68. The van der Waals surface area contributed by atoms with Gasteiger partial charge in [0.1, 0.15) is 0 Å². The summed E-state index contributed by atoms with van der Waals surface area (Å²) in [6.45, 7) is 0.603. The number of carbonyl (C=O) groups is 3. The molecule has 0 radical (unpaired) electrons. The number of carboxylic acid groups (broad SMARTS) is 1. The van der Waals surface area contributed by atoms with Crippen LogP contribution in [-0.4, -0.2) is 51.2 Å². The van der Waals surface area contributed by atoms with Crippen LogP contribution in [0.25, 0.3) is 0 Å². The van der Waals surface area contributed by atoms with Crippen LogP contribution in [0.4, 0.5) is 0 Å². The van der Waals surface area contributed by atoms with Crippen molar-refractivity contribution in [1.29, 1.82) is 0 Å². The molecule has 2 amide bonds. The van der Waals surface area contributed by atoms with E-state index >= 15 is 0 Å². The Hall–Kier alpha value is -2.38. The van der Waals surface area contributed by atoms with Gasteiger partial charge in [-0.3, -0.25) is 19.1 Å². The molecule has 8 nitrogen and oxygen atoms in total. The zero-order valence-corrected chi connectivity index (χ0v) is 16.2. The van der Waals surface area contributed by atoms with Gasteiger partial charge in [0.15, 0.2) is 0 Å². The molecule has 2 heterocycles. The molecule has 27 heavy (non-hydrogen) atoms. The Morgan fingerprint density at radius 2 is 1.93 bits per heavy atom. The van der Waals surface area contributed by atoms with Gasteiger partial charge in [-0.05, 0) is 19.3 Å². The minimum atomic E-state index is -0.749. The van der Waals surface area contributed by atoms with Crippen LogP contribution in [0.3, 0.4) is 0 Å². The molecule has 150 valence electrons.